The lowest BCUT2D eigenvalue weighted by atomic mass is 10.1. The van der Waals surface area contributed by atoms with Crippen LogP contribution in [0.3, 0.4) is 0 Å². The molecule has 0 spiro atoms. The van der Waals surface area contributed by atoms with Gasteiger partial charge in [0, 0.05) is 42.7 Å². The van der Waals surface area contributed by atoms with E-state index in [0.29, 0.717) is 39.9 Å². The maximum absolute atomic E-state index is 13.1. The summed E-state index contributed by atoms with van der Waals surface area (Å²) in [5.41, 5.74) is 12.7. The first-order chi connectivity index (χ1) is 20.6. The number of carbonyl (C=O) groups excluding carboxylic acids is 1. The Labute approximate surface area is 238 Å². The molecule has 0 saturated heterocycles. The minimum Gasteiger partial charge on any atom is -0.383 e. The summed E-state index contributed by atoms with van der Waals surface area (Å²) in [7, 11) is 0. The molecule has 1 aromatic carbocycles. The predicted molar refractivity (Wildman–Crippen MR) is 155 cm³/mol. The van der Waals surface area contributed by atoms with Crippen molar-refractivity contribution in [1.82, 2.24) is 49.2 Å². The van der Waals surface area contributed by atoms with Gasteiger partial charge in [-0.15, -0.1) is 0 Å². The number of amides is 1. The fourth-order valence-corrected chi connectivity index (χ4v) is 5.57. The zero-order chi connectivity index (χ0) is 28.2. The van der Waals surface area contributed by atoms with Crippen LogP contribution in [0, 0.1) is 0 Å². The summed E-state index contributed by atoms with van der Waals surface area (Å²) in [6.07, 6.45) is 11.7. The Bertz CT molecular complexity index is 2130. The van der Waals surface area contributed by atoms with Crippen molar-refractivity contribution in [2.45, 2.75) is 18.9 Å². The van der Waals surface area contributed by atoms with Crippen LogP contribution in [0.1, 0.15) is 33.9 Å². The predicted octanol–water partition coefficient (Wildman–Crippen LogP) is 3.71. The lowest BCUT2D eigenvalue weighted by molar-refractivity contribution is 0.0936. The molecule has 0 radical (unpaired) electrons. The van der Waals surface area contributed by atoms with E-state index in [4.69, 9.17) is 15.7 Å². The van der Waals surface area contributed by atoms with Gasteiger partial charge in [0.15, 0.2) is 22.9 Å². The van der Waals surface area contributed by atoms with E-state index < -0.39 is 0 Å². The van der Waals surface area contributed by atoms with Crippen LogP contribution >= 0.6 is 0 Å². The van der Waals surface area contributed by atoms with Gasteiger partial charge in [-0.05, 0) is 66.4 Å². The first-order valence-corrected chi connectivity index (χ1v) is 13.5. The number of fused-ring (bicyclic) bond motifs is 3. The maximum atomic E-state index is 13.1. The van der Waals surface area contributed by atoms with Gasteiger partial charge in [-0.3, -0.25) is 9.36 Å². The second kappa shape index (κ2) is 9.34. The molecule has 42 heavy (non-hydrogen) atoms. The quantitative estimate of drug-likeness (QED) is 0.328. The van der Waals surface area contributed by atoms with Gasteiger partial charge in [0.25, 0.3) is 5.91 Å². The van der Waals surface area contributed by atoms with Crippen LogP contribution in [0.15, 0.2) is 91.8 Å². The summed E-state index contributed by atoms with van der Waals surface area (Å²) in [5.74, 6) is 1.51. The van der Waals surface area contributed by atoms with Crippen LogP contribution in [-0.2, 0) is 6.42 Å². The van der Waals surface area contributed by atoms with E-state index in [-0.39, 0.29) is 11.9 Å². The second-order valence-corrected chi connectivity index (χ2v) is 10.1. The maximum Gasteiger partial charge on any atom is 0.254 e. The van der Waals surface area contributed by atoms with Crippen LogP contribution < -0.4 is 11.1 Å². The summed E-state index contributed by atoms with van der Waals surface area (Å²) in [6, 6.07) is 17.3. The third kappa shape index (κ3) is 3.88. The second-order valence-electron chi connectivity index (χ2n) is 10.1. The molecule has 8 rings (SSSR count). The monoisotopic (exact) mass is 553 g/mol. The number of hydrogen-bond acceptors (Lipinski definition) is 8. The van der Waals surface area contributed by atoms with Crippen LogP contribution in [0.2, 0.25) is 0 Å². The number of aryl methyl sites for hydroxylation is 1. The number of nitrogens with one attached hydrogen (secondary N) is 1. The SMILES string of the molecule is Nc1ncccc1-c1nc2ccc(-n3cccn3)nc2n1-c1ccc2c(c1)CC[C@@H]2NC(=O)c1cnc2ccnn2c1. The van der Waals surface area contributed by atoms with Crippen molar-refractivity contribution in [3.05, 3.63) is 108 Å². The van der Waals surface area contributed by atoms with Crippen LogP contribution in [0.5, 0.6) is 0 Å². The Morgan fingerprint density at radius 3 is 2.81 bits per heavy atom. The Morgan fingerprint density at radius 1 is 0.976 bits per heavy atom. The summed E-state index contributed by atoms with van der Waals surface area (Å²) in [5, 5.41) is 11.7. The van der Waals surface area contributed by atoms with Crippen LogP contribution in [0.25, 0.3) is 39.7 Å². The number of pyridine rings is 2. The normalized spacial score (nSPS) is 14.4. The minimum absolute atomic E-state index is 0.118. The molecule has 0 fully saturated rings. The molecule has 0 saturated carbocycles. The average Bonchev–Trinajstić information content (AvgIpc) is 3.83. The fraction of sp³-hybridized carbons (Fsp3) is 0.100. The van der Waals surface area contributed by atoms with E-state index in [1.807, 2.05) is 47.2 Å². The topological polar surface area (TPSA) is 147 Å². The van der Waals surface area contributed by atoms with Gasteiger partial charge < -0.3 is 11.1 Å². The highest BCUT2D eigenvalue weighted by Gasteiger charge is 2.26. The Hall–Kier alpha value is -5.91. The number of nitrogens with two attached hydrogens (primary N) is 1. The number of carbonyl (C=O) groups is 1. The summed E-state index contributed by atoms with van der Waals surface area (Å²) in [6.45, 7) is 0. The van der Waals surface area contributed by atoms with Crippen molar-refractivity contribution in [2.24, 2.45) is 0 Å². The number of rotatable bonds is 5. The Morgan fingerprint density at radius 2 is 1.93 bits per heavy atom. The van der Waals surface area contributed by atoms with Gasteiger partial charge in [-0.25, -0.2) is 29.1 Å². The smallest absolute Gasteiger partial charge is 0.254 e. The molecule has 1 atom stereocenters. The van der Waals surface area contributed by atoms with Gasteiger partial charge in [-0.1, -0.05) is 6.07 Å². The molecule has 204 valence electrons. The highest BCUT2D eigenvalue weighted by molar-refractivity contribution is 5.94. The average molecular weight is 554 g/mol. The molecule has 3 N–H and O–H groups in total. The zero-order valence-corrected chi connectivity index (χ0v) is 22.2. The van der Waals surface area contributed by atoms with Gasteiger partial charge >= 0.3 is 0 Å². The van der Waals surface area contributed by atoms with Gasteiger partial charge in [0.2, 0.25) is 0 Å². The molecule has 6 aromatic heterocycles. The number of anilines is 1. The zero-order valence-electron chi connectivity index (χ0n) is 22.2. The van der Waals surface area contributed by atoms with Crippen molar-refractivity contribution >= 4 is 28.5 Å². The summed E-state index contributed by atoms with van der Waals surface area (Å²) >= 11 is 0. The third-order valence-electron chi connectivity index (χ3n) is 7.59. The fourth-order valence-electron chi connectivity index (χ4n) is 5.57. The first kappa shape index (κ1) is 23.9. The van der Waals surface area contributed by atoms with Crippen molar-refractivity contribution in [3.8, 4) is 22.9 Å². The van der Waals surface area contributed by atoms with Crippen molar-refractivity contribution < 1.29 is 4.79 Å². The van der Waals surface area contributed by atoms with Crippen molar-refractivity contribution in [3.63, 3.8) is 0 Å². The summed E-state index contributed by atoms with van der Waals surface area (Å²) in [4.78, 5) is 31.6. The molecule has 0 bridgehead atoms. The minimum atomic E-state index is -0.188. The number of nitrogens with zero attached hydrogens (tertiary/aromatic N) is 9. The molecule has 1 aliphatic rings. The van der Waals surface area contributed by atoms with E-state index in [0.717, 1.165) is 35.2 Å². The molecular formula is C30H23N11O. The van der Waals surface area contributed by atoms with Crippen LogP contribution in [-0.4, -0.2) is 49.8 Å². The highest BCUT2D eigenvalue weighted by Crippen LogP contribution is 2.36. The number of hydrogen-bond donors (Lipinski definition) is 2. The Kier molecular flexibility index (Phi) is 5.32. The van der Waals surface area contributed by atoms with Gasteiger partial charge in [0.05, 0.1) is 23.4 Å². The molecule has 1 amide bonds. The van der Waals surface area contributed by atoms with Crippen molar-refractivity contribution in [1.29, 1.82) is 0 Å². The van der Waals surface area contributed by atoms with Gasteiger partial charge in [0.1, 0.15) is 11.3 Å². The standard InChI is InChI=1S/C30H23N11O/c31-27-22(3-1-11-32-27)28-36-24-8-9-26(39-14-2-12-34-39)38-29(24)41(28)20-5-6-21-18(15-20)4-7-23(21)37-30(42)19-16-33-25-10-13-35-40(25)17-19/h1-3,5-6,8-17,23H,4,7H2,(H2,31,32)(H,37,42)/t23-/m0/s1. The van der Waals surface area contributed by atoms with Gasteiger partial charge in [-0.2, -0.15) is 10.2 Å². The number of nitrogen functional groups attached to an aromatic ring is 1. The number of imidazole rings is 1. The van der Waals surface area contributed by atoms with E-state index in [9.17, 15) is 4.79 Å². The van der Waals surface area contributed by atoms with E-state index >= 15 is 0 Å². The molecular weight excluding hydrogens is 530 g/mol. The molecule has 1 aliphatic carbocycles. The Balaban J connectivity index is 1.19. The van der Waals surface area contributed by atoms with E-state index in [1.165, 1.54) is 0 Å². The molecule has 7 aromatic rings. The molecule has 0 aliphatic heterocycles. The van der Waals surface area contributed by atoms with Crippen LogP contribution in [0.4, 0.5) is 5.82 Å². The summed E-state index contributed by atoms with van der Waals surface area (Å²) < 4.78 is 5.31. The first-order valence-electron chi connectivity index (χ1n) is 13.5. The lowest BCUT2D eigenvalue weighted by Gasteiger charge is -2.16. The molecule has 12 heteroatoms. The largest absolute Gasteiger partial charge is 0.383 e. The third-order valence-corrected chi connectivity index (χ3v) is 7.59. The molecule has 0 unspecified atom stereocenters. The number of aromatic nitrogens is 9. The van der Waals surface area contributed by atoms with E-state index in [1.54, 1.807) is 46.2 Å². The number of benzene rings is 1. The van der Waals surface area contributed by atoms with E-state index in [2.05, 4.69) is 37.6 Å². The lowest BCUT2D eigenvalue weighted by Crippen LogP contribution is -2.27. The molecule has 12 nitrogen and oxygen atoms in total. The van der Waals surface area contributed by atoms with Crippen molar-refractivity contribution in [2.75, 3.05) is 5.73 Å². The highest BCUT2D eigenvalue weighted by atomic mass is 16.1. The molecule has 6 heterocycles.